The maximum atomic E-state index is 11.9. The first-order chi connectivity index (χ1) is 8.65. The molecule has 0 atom stereocenters. The summed E-state index contributed by atoms with van der Waals surface area (Å²) in [6.07, 6.45) is 0.711. The van der Waals surface area contributed by atoms with Crippen LogP contribution in [-0.4, -0.2) is 29.0 Å². The normalized spacial score (nSPS) is 11.1. The molecule has 0 bridgehead atoms. The molecule has 1 rings (SSSR count). The van der Waals surface area contributed by atoms with Crippen molar-refractivity contribution in [2.45, 2.75) is 13.3 Å². The number of carbonyl (C=O) groups excluding carboxylic acids is 2. The number of aromatic nitrogens is 2. The van der Waals surface area contributed by atoms with Crippen molar-refractivity contribution < 1.29 is 14.0 Å². The van der Waals surface area contributed by atoms with E-state index >= 15 is 0 Å². The SMILES string of the molecule is CN=c1oc(=O)n(CNC=O)c(=O)n1CNC=O. The van der Waals surface area contributed by atoms with Crippen LogP contribution in [0.3, 0.4) is 0 Å². The largest absolute Gasteiger partial charge is 0.427 e. The highest BCUT2D eigenvalue weighted by Crippen LogP contribution is 1.70. The minimum Gasteiger partial charge on any atom is -0.375 e. The summed E-state index contributed by atoms with van der Waals surface area (Å²) in [4.78, 5) is 47.2. The molecule has 0 aromatic carbocycles. The van der Waals surface area contributed by atoms with Crippen molar-refractivity contribution in [1.82, 2.24) is 19.8 Å². The molecule has 1 heterocycles. The van der Waals surface area contributed by atoms with Gasteiger partial charge in [0.1, 0.15) is 13.3 Å². The van der Waals surface area contributed by atoms with Gasteiger partial charge in [-0.1, -0.05) is 0 Å². The molecule has 0 saturated heterocycles. The van der Waals surface area contributed by atoms with Crippen molar-refractivity contribution in [3.8, 4) is 0 Å². The summed E-state index contributed by atoms with van der Waals surface area (Å²) in [6.45, 7) is -0.546. The van der Waals surface area contributed by atoms with Crippen LogP contribution in [0, 0.1) is 0 Å². The van der Waals surface area contributed by atoms with Gasteiger partial charge >= 0.3 is 17.1 Å². The Morgan fingerprint density at radius 2 is 1.72 bits per heavy atom. The number of amides is 2. The Hall–Kier alpha value is -2.65. The summed E-state index contributed by atoms with van der Waals surface area (Å²) in [7, 11) is 1.32. The molecule has 0 spiro atoms. The Kier molecular flexibility index (Phi) is 4.60. The van der Waals surface area contributed by atoms with Gasteiger partial charge in [-0.25, -0.2) is 23.7 Å². The molecule has 0 saturated carbocycles. The van der Waals surface area contributed by atoms with Crippen LogP contribution < -0.4 is 27.8 Å². The van der Waals surface area contributed by atoms with E-state index in [-0.39, 0.29) is 19.0 Å². The first kappa shape index (κ1) is 13.4. The molecule has 2 N–H and O–H groups in total. The number of carbonyl (C=O) groups is 2. The van der Waals surface area contributed by atoms with Crippen LogP contribution in [0.1, 0.15) is 0 Å². The first-order valence-electron chi connectivity index (χ1n) is 4.77. The molecule has 0 aliphatic rings. The summed E-state index contributed by atoms with van der Waals surface area (Å²) >= 11 is 0. The third kappa shape index (κ3) is 2.72. The molecule has 1 aromatic rings. The first-order valence-corrected chi connectivity index (χ1v) is 4.77. The third-order valence-corrected chi connectivity index (χ3v) is 1.95. The zero-order valence-corrected chi connectivity index (χ0v) is 9.45. The van der Waals surface area contributed by atoms with E-state index in [1.54, 1.807) is 0 Å². The molecule has 0 unspecified atom stereocenters. The Morgan fingerprint density at radius 1 is 1.17 bits per heavy atom. The van der Waals surface area contributed by atoms with Crippen LogP contribution in [0.2, 0.25) is 0 Å². The number of nitrogens with zero attached hydrogens (tertiary/aromatic N) is 3. The van der Waals surface area contributed by atoms with Crippen LogP contribution in [0.15, 0.2) is 19.0 Å². The van der Waals surface area contributed by atoms with Crippen molar-refractivity contribution in [3.05, 3.63) is 26.7 Å². The second kappa shape index (κ2) is 6.18. The minimum absolute atomic E-state index is 0.208. The number of nitrogens with one attached hydrogen (secondary N) is 2. The number of hydrogen-bond acceptors (Lipinski definition) is 6. The molecule has 1 aromatic heterocycles. The smallest absolute Gasteiger partial charge is 0.375 e. The van der Waals surface area contributed by atoms with E-state index in [2.05, 4.69) is 15.6 Å². The lowest BCUT2D eigenvalue weighted by Gasteiger charge is -2.07. The van der Waals surface area contributed by atoms with Crippen molar-refractivity contribution in [2.24, 2.45) is 4.99 Å². The average molecular weight is 257 g/mol. The van der Waals surface area contributed by atoms with Gasteiger partial charge in [0.05, 0.1) is 0 Å². The van der Waals surface area contributed by atoms with Crippen molar-refractivity contribution in [3.63, 3.8) is 0 Å². The highest BCUT2D eigenvalue weighted by Gasteiger charge is 2.09. The van der Waals surface area contributed by atoms with E-state index in [9.17, 15) is 19.2 Å². The van der Waals surface area contributed by atoms with Crippen LogP contribution in [0.4, 0.5) is 0 Å². The van der Waals surface area contributed by atoms with Gasteiger partial charge in [0.25, 0.3) is 0 Å². The molecule has 10 heteroatoms. The molecule has 0 aliphatic carbocycles. The van der Waals surface area contributed by atoms with Gasteiger partial charge in [-0.3, -0.25) is 9.59 Å². The Bertz CT molecular complexity index is 610. The highest BCUT2D eigenvalue weighted by atomic mass is 16.4. The maximum absolute atomic E-state index is 11.9. The second-order valence-electron chi connectivity index (χ2n) is 2.97. The van der Waals surface area contributed by atoms with E-state index in [0.717, 1.165) is 4.57 Å². The second-order valence-corrected chi connectivity index (χ2v) is 2.97. The fraction of sp³-hybridized carbons (Fsp3) is 0.375. The molecule has 18 heavy (non-hydrogen) atoms. The van der Waals surface area contributed by atoms with Gasteiger partial charge in [-0.15, -0.1) is 0 Å². The number of hydrogen-bond donors (Lipinski definition) is 2. The van der Waals surface area contributed by atoms with Gasteiger partial charge in [0.2, 0.25) is 12.8 Å². The summed E-state index contributed by atoms with van der Waals surface area (Å²) in [5.41, 5.74) is -1.00. The van der Waals surface area contributed by atoms with E-state index in [0.29, 0.717) is 17.4 Å². The highest BCUT2D eigenvalue weighted by molar-refractivity contribution is 5.45. The van der Waals surface area contributed by atoms with Crippen LogP contribution in [0.25, 0.3) is 0 Å². The predicted molar refractivity (Wildman–Crippen MR) is 57.1 cm³/mol. The lowest BCUT2D eigenvalue weighted by molar-refractivity contribution is -0.110. The fourth-order valence-corrected chi connectivity index (χ4v) is 1.18. The Morgan fingerprint density at radius 3 is 2.22 bits per heavy atom. The summed E-state index contributed by atoms with van der Waals surface area (Å²) < 4.78 is 6.34. The maximum Gasteiger partial charge on any atom is 0.427 e. The Labute approximate surface area is 99.6 Å². The van der Waals surface area contributed by atoms with Gasteiger partial charge in [0, 0.05) is 7.05 Å². The van der Waals surface area contributed by atoms with E-state index < -0.39 is 11.4 Å². The van der Waals surface area contributed by atoms with Gasteiger partial charge in [-0.2, -0.15) is 0 Å². The monoisotopic (exact) mass is 257 g/mol. The molecular formula is C8H11N5O5. The standard InChI is InChI=1S/C8H11N5O5/c1-9-6-12(2-10-4-14)7(16)13(3-11-5-15)8(17)18-6/h4-5H,2-3H2,1H3,(H,10,14)(H,11,15). The average Bonchev–Trinajstić information content (AvgIpc) is 2.37. The molecule has 0 radical (unpaired) electrons. The molecule has 98 valence electrons. The summed E-state index contributed by atoms with van der Waals surface area (Å²) in [6, 6.07) is 0. The Balaban J connectivity index is 3.39. The van der Waals surface area contributed by atoms with Gasteiger partial charge in [-0.05, 0) is 0 Å². The van der Waals surface area contributed by atoms with Gasteiger partial charge in [0.15, 0.2) is 0 Å². The fourth-order valence-electron chi connectivity index (χ4n) is 1.18. The molecular weight excluding hydrogens is 246 g/mol. The van der Waals surface area contributed by atoms with E-state index in [1.807, 2.05) is 0 Å². The molecule has 0 fully saturated rings. The van der Waals surface area contributed by atoms with Gasteiger partial charge < -0.3 is 15.1 Å². The summed E-state index contributed by atoms with van der Waals surface area (Å²) in [5, 5.41) is 4.40. The molecule has 10 nitrogen and oxygen atoms in total. The molecule has 0 aliphatic heterocycles. The van der Waals surface area contributed by atoms with Crippen molar-refractivity contribution in [2.75, 3.05) is 7.05 Å². The topological polar surface area (TPSA) is 128 Å². The van der Waals surface area contributed by atoms with Crippen LogP contribution in [0.5, 0.6) is 0 Å². The lowest BCUT2D eigenvalue weighted by atomic mass is 10.8. The zero-order chi connectivity index (χ0) is 13.5. The van der Waals surface area contributed by atoms with Crippen LogP contribution in [-0.2, 0) is 22.9 Å². The van der Waals surface area contributed by atoms with E-state index in [4.69, 9.17) is 4.42 Å². The van der Waals surface area contributed by atoms with Crippen molar-refractivity contribution in [1.29, 1.82) is 0 Å². The zero-order valence-electron chi connectivity index (χ0n) is 9.45. The third-order valence-electron chi connectivity index (χ3n) is 1.95. The van der Waals surface area contributed by atoms with Crippen LogP contribution >= 0.6 is 0 Å². The van der Waals surface area contributed by atoms with E-state index in [1.165, 1.54) is 7.05 Å². The number of rotatable bonds is 6. The predicted octanol–water partition coefficient (Wildman–Crippen LogP) is -3.46. The summed E-state index contributed by atoms with van der Waals surface area (Å²) in [5.74, 6) is -0.961. The van der Waals surface area contributed by atoms with Crippen molar-refractivity contribution >= 4 is 12.8 Å². The lowest BCUT2D eigenvalue weighted by Crippen LogP contribution is -2.50. The quantitative estimate of drug-likeness (QED) is 0.512. The minimum atomic E-state index is -0.961. The molecule has 2 amide bonds.